The normalized spacial score (nSPS) is 11.5. The van der Waals surface area contributed by atoms with Gasteiger partial charge in [0.2, 0.25) is 0 Å². The van der Waals surface area contributed by atoms with Gasteiger partial charge in [-0.25, -0.2) is 0 Å². The first kappa shape index (κ1) is 14.0. The lowest BCUT2D eigenvalue weighted by Crippen LogP contribution is -2.27. The van der Waals surface area contributed by atoms with Gasteiger partial charge < -0.3 is 9.64 Å². The average Bonchev–Trinajstić information content (AvgIpc) is 2.77. The van der Waals surface area contributed by atoms with Gasteiger partial charge in [-0.1, -0.05) is 11.6 Å². The standard InChI is InChI=1S/C12H18ClN5O/c1-8(2)19-6-5-17(4)11-9(3)10(13)16-12-14-7-15-18(11)12/h7-8H,5-6H2,1-4H3. The third-order valence-electron chi connectivity index (χ3n) is 2.81. The number of hydrogen-bond donors (Lipinski definition) is 0. The minimum Gasteiger partial charge on any atom is -0.377 e. The second kappa shape index (κ2) is 5.71. The zero-order chi connectivity index (χ0) is 14.0. The number of halogens is 1. The highest BCUT2D eigenvalue weighted by Crippen LogP contribution is 2.24. The molecule has 2 heterocycles. The summed E-state index contributed by atoms with van der Waals surface area (Å²) in [6.45, 7) is 7.35. The zero-order valence-corrected chi connectivity index (χ0v) is 12.3. The van der Waals surface area contributed by atoms with Crippen LogP contribution in [-0.4, -0.2) is 45.9 Å². The van der Waals surface area contributed by atoms with Gasteiger partial charge in [-0.15, -0.1) is 0 Å². The van der Waals surface area contributed by atoms with E-state index < -0.39 is 0 Å². The topological polar surface area (TPSA) is 55.5 Å². The number of anilines is 1. The summed E-state index contributed by atoms with van der Waals surface area (Å²) in [5, 5.41) is 4.64. The van der Waals surface area contributed by atoms with Crippen molar-refractivity contribution in [2.24, 2.45) is 0 Å². The number of ether oxygens (including phenoxy) is 1. The van der Waals surface area contributed by atoms with Crippen LogP contribution in [0.3, 0.4) is 0 Å². The first-order chi connectivity index (χ1) is 9.00. The monoisotopic (exact) mass is 283 g/mol. The van der Waals surface area contributed by atoms with Gasteiger partial charge in [-0.2, -0.15) is 19.6 Å². The summed E-state index contributed by atoms with van der Waals surface area (Å²) in [6, 6.07) is 0. The smallest absolute Gasteiger partial charge is 0.255 e. The molecule has 0 atom stereocenters. The number of aromatic nitrogens is 4. The van der Waals surface area contributed by atoms with E-state index in [4.69, 9.17) is 16.3 Å². The second-order valence-electron chi connectivity index (χ2n) is 4.66. The third kappa shape index (κ3) is 2.96. The van der Waals surface area contributed by atoms with E-state index in [1.54, 1.807) is 4.52 Å². The Balaban J connectivity index is 2.27. The maximum atomic E-state index is 6.13. The molecule has 0 saturated carbocycles. The van der Waals surface area contributed by atoms with Crippen LogP contribution in [0.1, 0.15) is 19.4 Å². The van der Waals surface area contributed by atoms with Crippen molar-refractivity contribution < 1.29 is 4.74 Å². The van der Waals surface area contributed by atoms with Gasteiger partial charge in [-0.05, 0) is 20.8 Å². The van der Waals surface area contributed by atoms with Crippen molar-refractivity contribution in [3.63, 3.8) is 0 Å². The number of nitrogens with zero attached hydrogens (tertiary/aromatic N) is 5. The fraction of sp³-hybridized carbons (Fsp3) is 0.583. The number of fused-ring (bicyclic) bond motifs is 1. The summed E-state index contributed by atoms with van der Waals surface area (Å²) in [7, 11) is 1.98. The predicted molar refractivity (Wildman–Crippen MR) is 74.9 cm³/mol. The van der Waals surface area contributed by atoms with Crippen LogP contribution in [0, 0.1) is 6.92 Å². The third-order valence-corrected chi connectivity index (χ3v) is 3.18. The maximum absolute atomic E-state index is 6.13. The Morgan fingerprint density at radius 2 is 2.21 bits per heavy atom. The molecule has 0 aliphatic rings. The minimum absolute atomic E-state index is 0.224. The number of rotatable bonds is 5. The van der Waals surface area contributed by atoms with E-state index in [2.05, 4.69) is 15.1 Å². The van der Waals surface area contributed by atoms with Gasteiger partial charge >= 0.3 is 0 Å². The molecule has 2 aromatic heterocycles. The van der Waals surface area contributed by atoms with E-state index >= 15 is 0 Å². The van der Waals surface area contributed by atoms with Crippen molar-refractivity contribution in [2.75, 3.05) is 25.1 Å². The van der Waals surface area contributed by atoms with Crippen LogP contribution in [-0.2, 0) is 4.74 Å². The Labute approximate surface area is 117 Å². The molecule has 2 aromatic rings. The molecule has 0 aliphatic heterocycles. The van der Waals surface area contributed by atoms with Crippen molar-refractivity contribution >= 4 is 23.2 Å². The van der Waals surface area contributed by atoms with E-state index in [1.165, 1.54) is 6.33 Å². The SMILES string of the molecule is Cc1c(Cl)nc2ncnn2c1N(C)CCOC(C)C. The van der Waals surface area contributed by atoms with Gasteiger partial charge in [0.25, 0.3) is 5.78 Å². The summed E-state index contributed by atoms with van der Waals surface area (Å²) in [6.07, 6.45) is 1.70. The Bertz CT molecular complexity index is 568. The van der Waals surface area contributed by atoms with Crippen LogP contribution in [0.4, 0.5) is 5.82 Å². The quantitative estimate of drug-likeness (QED) is 0.785. The molecule has 6 nitrogen and oxygen atoms in total. The van der Waals surface area contributed by atoms with E-state index in [0.29, 0.717) is 17.5 Å². The van der Waals surface area contributed by atoms with Gasteiger partial charge in [0.05, 0.1) is 12.7 Å². The minimum atomic E-state index is 0.224. The lowest BCUT2D eigenvalue weighted by atomic mass is 10.3. The molecule has 0 fully saturated rings. The Morgan fingerprint density at radius 3 is 2.89 bits per heavy atom. The Hall–Kier alpha value is -1.40. The van der Waals surface area contributed by atoms with Crippen molar-refractivity contribution in [2.45, 2.75) is 26.9 Å². The van der Waals surface area contributed by atoms with E-state index in [-0.39, 0.29) is 6.10 Å². The highest BCUT2D eigenvalue weighted by molar-refractivity contribution is 6.30. The fourth-order valence-corrected chi connectivity index (χ4v) is 2.02. The first-order valence-electron chi connectivity index (χ1n) is 6.19. The van der Waals surface area contributed by atoms with Crippen molar-refractivity contribution in [1.29, 1.82) is 0 Å². The summed E-state index contributed by atoms with van der Waals surface area (Å²) in [5.74, 6) is 1.39. The second-order valence-corrected chi connectivity index (χ2v) is 5.02. The summed E-state index contributed by atoms with van der Waals surface area (Å²) < 4.78 is 7.25. The van der Waals surface area contributed by atoms with Crippen molar-refractivity contribution in [3.8, 4) is 0 Å². The predicted octanol–water partition coefficient (Wildman–Crippen LogP) is 1.95. The molecule has 0 aliphatic carbocycles. The molecule has 0 radical (unpaired) electrons. The Morgan fingerprint density at radius 1 is 1.47 bits per heavy atom. The Kier molecular flexibility index (Phi) is 4.21. The van der Waals surface area contributed by atoms with Crippen LogP contribution in [0.5, 0.6) is 0 Å². The molecule has 104 valence electrons. The molecule has 0 N–H and O–H groups in total. The average molecular weight is 284 g/mol. The van der Waals surface area contributed by atoms with Crippen LogP contribution in [0.2, 0.25) is 5.15 Å². The fourth-order valence-electron chi connectivity index (χ4n) is 1.86. The number of hydrogen-bond acceptors (Lipinski definition) is 5. The van der Waals surface area contributed by atoms with Crippen molar-refractivity contribution in [3.05, 3.63) is 17.0 Å². The van der Waals surface area contributed by atoms with Crippen LogP contribution >= 0.6 is 11.6 Å². The van der Waals surface area contributed by atoms with Crippen LogP contribution in [0.25, 0.3) is 5.78 Å². The van der Waals surface area contributed by atoms with E-state index in [0.717, 1.165) is 17.9 Å². The largest absolute Gasteiger partial charge is 0.377 e. The van der Waals surface area contributed by atoms with Crippen molar-refractivity contribution in [1.82, 2.24) is 19.6 Å². The lowest BCUT2D eigenvalue weighted by Gasteiger charge is -2.22. The summed E-state index contributed by atoms with van der Waals surface area (Å²) in [5.41, 5.74) is 0.881. The highest BCUT2D eigenvalue weighted by Gasteiger charge is 2.15. The van der Waals surface area contributed by atoms with Crippen LogP contribution < -0.4 is 4.90 Å². The molecule has 0 saturated heterocycles. The highest BCUT2D eigenvalue weighted by atomic mass is 35.5. The molecular weight excluding hydrogens is 266 g/mol. The van der Waals surface area contributed by atoms with Gasteiger partial charge in [0, 0.05) is 19.2 Å². The lowest BCUT2D eigenvalue weighted by molar-refractivity contribution is 0.0845. The van der Waals surface area contributed by atoms with Crippen LogP contribution in [0.15, 0.2) is 6.33 Å². The number of likely N-dealkylation sites (N-methyl/N-ethyl adjacent to an activating group) is 1. The molecule has 2 rings (SSSR count). The van der Waals surface area contributed by atoms with E-state index in [1.807, 2.05) is 32.7 Å². The van der Waals surface area contributed by atoms with Gasteiger partial charge in [0.1, 0.15) is 17.3 Å². The molecule has 0 unspecified atom stereocenters. The molecule has 0 aromatic carbocycles. The molecule has 7 heteroatoms. The molecule has 0 bridgehead atoms. The van der Waals surface area contributed by atoms with Gasteiger partial charge in [-0.3, -0.25) is 0 Å². The zero-order valence-electron chi connectivity index (χ0n) is 11.6. The maximum Gasteiger partial charge on any atom is 0.255 e. The molecule has 19 heavy (non-hydrogen) atoms. The van der Waals surface area contributed by atoms with E-state index in [9.17, 15) is 0 Å². The van der Waals surface area contributed by atoms with Gasteiger partial charge in [0.15, 0.2) is 0 Å². The first-order valence-corrected chi connectivity index (χ1v) is 6.57. The molecule has 0 amide bonds. The summed E-state index contributed by atoms with van der Waals surface area (Å²) >= 11 is 6.13. The summed E-state index contributed by atoms with van der Waals surface area (Å²) in [4.78, 5) is 10.3. The molecule has 0 spiro atoms. The molecular formula is C12H18ClN5O.